The molecule has 0 aliphatic heterocycles. The van der Waals surface area contributed by atoms with Crippen LogP contribution in [-0.2, 0) is 9.68 Å². The molecule has 5 atom stereocenters. The van der Waals surface area contributed by atoms with Gasteiger partial charge in [0.25, 0.3) is 0 Å². The molecule has 3 aliphatic rings. The second-order valence-electron chi connectivity index (χ2n) is 11.0. The summed E-state index contributed by atoms with van der Waals surface area (Å²) in [6, 6.07) is 0. The Bertz CT molecular complexity index is 730. The van der Waals surface area contributed by atoms with Crippen molar-refractivity contribution in [3.05, 3.63) is 35.5 Å². The van der Waals surface area contributed by atoms with Crippen LogP contribution in [0.5, 0.6) is 0 Å². The highest BCUT2D eigenvalue weighted by atomic mass is 17.1. The zero-order chi connectivity index (χ0) is 22.1. The van der Waals surface area contributed by atoms with E-state index in [1.165, 1.54) is 29.6 Å². The molecular weight excluding hydrogens is 372 g/mol. The standard InChI is InChI=1S/C27H42O3/c1-18(2)19(3)16-20(4)24-9-7-8-21-10-11-22-17-23(28)12-14-26(22,5)25(21)13-15-27(24,6)30-29/h9,17-18,20-21,25,29H,3,7-8,10-16H2,1-2,4-6H3. The van der Waals surface area contributed by atoms with E-state index in [0.29, 0.717) is 35.9 Å². The Balaban J connectivity index is 1.86. The van der Waals surface area contributed by atoms with Crippen molar-refractivity contribution >= 4 is 5.78 Å². The predicted octanol–water partition coefficient (Wildman–Crippen LogP) is 7.30. The molecule has 1 saturated carbocycles. The van der Waals surface area contributed by atoms with Gasteiger partial charge < -0.3 is 0 Å². The Kier molecular flexibility index (Phi) is 7.14. The number of carbonyl (C=O) groups excluding carboxylic acids is 1. The first-order valence-electron chi connectivity index (χ1n) is 12.1. The van der Waals surface area contributed by atoms with E-state index in [1.54, 1.807) is 0 Å². The summed E-state index contributed by atoms with van der Waals surface area (Å²) in [5.41, 5.74) is 3.32. The number of ketones is 1. The lowest BCUT2D eigenvalue weighted by molar-refractivity contribution is -0.310. The van der Waals surface area contributed by atoms with Gasteiger partial charge in [-0.15, -0.1) is 0 Å². The molecule has 0 saturated heterocycles. The summed E-state index contributed by atoms with van der Waals surface area (Å²) in [5, 5.41) is 10.0. The topological polar surface area (TPSA) is 46.5 Å². The Morgan fingerprint density at radius 3 is 2.60 bits per heavy atom. The van der Waals surface area contributed by atoms with Gasteiger partial charge >= 0.3 is 0 Å². The maximum Gasteiger partial charge on any atom is 0.155 e. The van der Waals surface area contributed by atoms with Crippen molar-refractivity contribution in [1.82, 2.24) is 0 Å². The molecule has 0 bridgehead atoms. The van der Waals surface area contributed by atoms with Crippen LogP contribution in [0.3, 0.4) is 0 Å². The Hall–Kier alpha value is -1.19. The van der Waals surface area contributed by atoms with Crippen molar-refractivity contribution < 1.29 is 14.9 Å². The first-order valence-corrected chi connectivity index (χ1v) is 12.1. The lowest BCUT2D eigenvalue weighted by atomic mass is 9.54. The summed E-state index contributed by atoms with van der Waals surface area (Å²) < 4.78 is 0. The molecule has 3 rings (SSSR count). The zero-order valence-corrected chi connectivity index (χ0v) is 19.8. The summed E-state index contributed by atoms with van der Waals surface area (Å²) in [5.74, 6) is 2.30. The summed E-state index contributed by atoms with van der Waals surface area (Å²) in [6.07, 6.45) is 13.2. The van der Waals surface area contributed by atoms with E-state index < -0.39 is 5.60 Å². The fourth-order valence-corrected chi connectivity index (χ4v) is 6.52. The minimum atomic E-state index is -0.659. The quantitative estimate of drug-likeness (QED) is 0.292. The van der Waals surface area contributed by atoms with Crippen LogP contribution in [0.2, 0.25) is 0 Å². The minimum Gasteiger partial charge on any atom is -0.295 e. The lowest BCUT2D eigenvalue weighted by Gasteiger charge is -2.50. The molecule has 1 fully saturated rings. The fourth-order valence-electron chi connectivity index (χ4n) is 6.52. The normalized spacial score (nSPS) is 35.9. The highest BCUT2D eigenvalue weighted by Crippen LogP contribution is 2.56. The summed E-state index contributed by atoms with van der Waals surface area (Å²) >= 11 is 0. The number of rotatable bonds is 5. The van der Waals surface area contributed by atoms with Gasteiger partial charge in [0, 0.05) is 6.42 Å². The van der Waals surface area contributed by atoms with E-state index in [2.05, 4.69) is 47.3 Å². The average Bonchev–Trinajstić information content (AvgIpc) is 2.77. The summed E-state index contributed by atoms with van der Waals surface area (Å²) in [7, 11) is 0. The number of allylic oxidation sites excluding steroid dienone is 4. The largest absolute Gasteiger partial charge is 0.295 e. The van der Waals surface area contributed by atoms with Crippen molar-refractivity contribution in [2.45, 2.75) is 98.0 Å². The summed E-state index contributed by atoms with van der Waals surface area (Å²) in [6.45, 7) is 15.4. The molecule has 0 aromatic heterocycles. The van der Waals surface area contributed by atoms with Gasteiger partial charge in [-0.05, 0) is 99.0 Å². The third kappa shape index (κ3) is 4.53. The second kappa shape index (κ2) is 9.12. The van der Waals surface area contributed by atoms with Crippen molar-refractivity contribution in [3.63, 3.8) is 0 Å². The number of carbonyl (C=O) groups is 1. The van der Waals surface area contributed by atoms with Gasteiger partial charge in [-0.1, -0.05) is 51.5 Å². The first kappa shape index (κ1) is 23.5. The monoisotopic (exact) mass is 414 g/mol. The van der Waals surface area contributed by atoms with E-state index in [-0.39, 0.29) is 5.41 Å². The average molecular weight is 415 g/mol. The molecule has 0 heterocycles. The molecule has 0 amide bonds. The van der Waals surface area contributed by atoms with Crippen molar-refractivity contribution in [1.29, 1.82) is 0 Å². The van der Waals surface area contributed by atoms with Crippen LogP contribution < -0.4 is 0 Å². The van der Waals surface area contributed by atoms with Gasteiger partial charge in [0.05, 0.1) is 0 Å². The molecule has 3 aliphatic carbocycles. The van der Waals surface area contributed by atoms with Crippen LogP contribution in [0, 0.1) is 29.1 Å². The fraction of sp³-hybridized carbons (Fsp3) is 0.741. The molecule has 30 heavy (non-hydrogen) atoms. The van der Waals surface area contributed by atoms with Crippen LogP contribution in [0.4, 0.5) is 0 Å². The first-order chi connectivity index (χ1) is 14.1. The maximum absolute atomic E-state index is 12.1. The molecule has 0 aromatic carbocycles. The molecular formula is C27H42O3. The SMILES string of the molecule is C=C(CC(C)C1=CCCC2CCC3=CC(=O)CCC3(C)C2CCC1(C)OO)C(C)C. The summed E-state index contributed by atoms with van der Waals surface area (Å²) in [4.78, 5) is 17.3. The van der Waals surface area contributed by atoms with Gasteiger partial charge in [-0.25, -0.2) is 4.89 Å². The third-order valence-corrected chi connectivity index (χ3v) is 8.69. The third-order valence-electron chi connectivity index (χ3n) is 8.69. The van der Waals surface area contributed by atoms with Crippen LogP contribution in [0.1, 0.15) is 92.4 Å². The molecule has 5 unspecified atom stereocenters. The Morgan fingerprint density at radius 1 is 1.20 bits per heavy atom. The highest BCUT2D eigenvalue weighted by Gasteiger charge is 2.48. The van der Waals surface area contributed by atoms with Gasteiger partial charge in [-0.3, -0.25) is 10.1 Å². The number of hydrogen-bond acceptors (Lipinski definition) is 3. The van der Waals surface area contributed by atoms with Crippen molar-refractivity contribution in [2.75, 3.05) is 0 Å². The molecule has 1 N–H and O–H groups in total. The molecule has 168 valence electrons. The van der Waals surface area contributed by atoms with Crippen molar-refractivity contribution in [2.24, 2.45) is 29.1 Å². The van der Waals surface area contributed by atoms with Crippen LogP contribution >= 0.6 is 0 Å². The zero-order valence-electron chi connectivity index (χ0n) is 19.8. The number of fused-ring (bicyclic) bond motifs is 3. The Morgan fingerprint density at radius 2 is 1.93 bits per heavy atom. The smallest absolute Gasteiger partial charge is 0.155 e. The van der Waals surface area contributed by atoms with E-state index >= 15 is 0 Å². The lowest BCUT2D eigenvalue weighted by Crippen LogP contribution is -2.42. The molecule has 3 heteroatoms. The highest BCUT2D eigenvalue weighted by molar-refractivity contribution is 5.91. The minimum absolute atomic E-state index is 0.120. The van der Waals surface area contributed by atoms with Gasteiger partial charge in [-0.2, -0.15) is 0 Å². The van der Waals surface area contributed by atoms with Crippen LogP contribution in [-0.4, -0.2) is 16.6 Å². The van der Waals surface area contributed by atoms with Crippen molar-refractivity contribution in [3.8, 4) is 0 Å². The van der Waals surface area contributed by atoms with Gasteiger partial charge in [0.15, 0.2) is 5.78 Å². The molecule has 0 radical (unpaired) electrons. The van der Waals surface area contributed by atoms with E-state index in [1.807, 2.05) is 6.08 Å². The van der Waals surface area contributed by atoms with E-state index in [9.17, 15) is 10.1 Å². The molecule has 0 aromatic rings. The number of hydrogen-bond donors (Lipinski definition) is 1. The van der Waals surface area contributed by atoms with Crippen LogP contribution in [0.25, 0.3) is 0 Å². The maximum atomic E-state index is 12.1. The predicted molar refractivity (Wildman–Crippen MR) is 123 cm³/mol. The molecule has 3 nitrogen and oxygen atoms in total. The van der Waals surface area contributed by atoms with Gasteiger partial charge in [0.1, 0.15) is 5.60 Å². The van der Waals surface area contributed by atoms with Gasteiger partial charge in [0.2, 0.25) is 0 Å². The van der Waals surface area contributed by atoms with E-state index in [0.717, 1.165) is 38.5 Å². The van der Waals surface area contributed by atoms with Crippen LogP contribution in [0.15, 0.2) is 35.5 Å². The second-order valence-corrected chi connectivity index (χ2v) is 11.0. The van der Waals surface area contributed by atoms with E-state index in [4.69, 9.17) is 4.89 Å². The molecule has 0 spiro atoms. The Labute approximate surface area is 183 Å².